The smallest absolute Gasteiger partial charge is 0.317 e. The molecule has 4 heteroatoms. The number of nitrogens with zero attached hydrogens (tertiary/aromatic N) is 1. The SMILES string of the molecule is CC(CN)NC(=O)N(C)C1CCCCC1. The van der Waals surface area contributed by atoms with E-state index in [1.165, 1.54) is 19.3 Å². The average molecular weight is 213 g/mol. The Balaban J connectivity index is 2.37. The number of carbonyl (C=O) groups excluding carboxylic acids is 1. The Hall–Kier alpha value is -0.770. The van der Waals surface area contributed by atoms with Gasteiger partial charge in [-0.2, -0.15) is 0 Å². The molecule has 1 aliphatic carbocycles. The van der Waals surface area contributed by atoms with E-state index in [9.17, 15) is 4.79 Å². The summed E-state index contributed by atoms with van der Waals surface area (Å²) in [7, 11) is 1.88. The lowest BCUT2D eigenvalue weighted by Gasteiger charge is -2.32. The number of rotatable bonds is 3. The zero-order valence-corrected chi connectivity index (χ0v) is 9.83. The van der Waals surface area contributed by atoms with Crippen molar-refractivity contribution in [1.82, 2.24) is 10.2 Å². The van der Waals surface area contributed by atoms with Crippen molar-refractivity contribution in [3.8, 4) is 0 Å². The van der Waals surface area contributed by atoms with Gasteiger partial charge in [-0.05, 0) is 19.8 Å². The third-order valence-corrected chi connectivity index (χ3v) is 3.17. The quantitative estimate of drug-likeness (QED) is 0.742. The second-order valence-electron chi connectivity index (χ2n) is 4.49. The molecule has 2 amide bonds. The van der Waals surface area contributed by atoms with Crippen molar-refractivity contribution >= 4 is 6.03 Å². The summed E-state index contributed by atoms with van der Waals surface area (Å²) in [6.07, 6.45) is 6.08. The highest BCUT2D eigenvalue weighted by Gasteiger charge is 2.22. The van der Waals surface area contributed by atoms with Gasteiger partial charge in [-0.15, -0.1) is 0 Å². The van der Waals surface area contributed by atoms with Crippen molar-refractivity contribution in [1.29, 1.82) is 0 Å². The van der Waals surface area contributed by atoms with Crippen LogP contribution in [-0.2, 0) is 0 Å². The molecule has 0 radical (unpaired) electrons. The van der Waals surface area contributed by atoms with Crippen molar-refractivity contribution in [3.05, 3.63) is 0 Å². The van der Waals surface area contributed by atoms with Crippen LogP contribution in [0.4, 0.5) is 4.79 Å². The van der Waals surface area contributed by atoms with Crippen molar-refractivity contribution in [2.45, 2.75) is 51.1 Å². The third kappa shape index (κ3) is 3.70. The molecule has 4 nitrogen and oxygen atoms in total. The van der Waals surface area contributed by atoms with E-state index in [-0.39, 0.29) is 12.1 Å². The molecule has 0 heterocycles. The minimum atomic E-state index is 0.0138. The van der Waals surface area contributed by atoms with Crippen molar-refractivity contribution < 1.29 is 4.79 Å². The summed E-state index contributed by atoms with van der Waals surface area (Å²) in [5.41, 5.74) is 5.47. The molecule has 1 unspecified atom stereocenters. The van der Waals surface area contributed by atoms with Crippen molar-refractivity contribution in [2.75, 3.05) is 13.6 Å². The first-order chi connectivity index (χ1) is 7.15. The summed E-state index contributed by atoms with van der Waals surface area (Å²) in [5, 5.41) is 2.89. The lowest BCUT2D eigenvalue weighted by atomic mass is 9.95. The summed E-state index contributed by atoms with van der Waals surface area (Å²) < 4.78 is 0. The fourth-order valence-electron chi connectivity index (χ4n) is 2.01. The van der Waals surface area contributed by atoms with Gasteiger partial charge in [-0.3, -0.25) is 0 Å². The first kappa shape index (κ1) is 12.3. The highest BCUT2D eigenvalue weighted by molar-refractivity contribution is 5.74. The van der Waals surface area contributed by atoms with Crippen LogP contribution < -0.4 is 11.1 Å². The van der Waals surface area contributed by atoms with Gasteiger partial charge in [0.05, 0.1) is 0 Å². The number of urea groups is 1. The third-order valence-electron chi connectivity index (χ3n) is 3.17. The molecule has 1 atom stereocenters. The number of nitrogens with two attached hydrogens (primary N) is 1. The van der Waals surface area contributed by atoms with E-state index in [0.717, 1.165) is 12.8 Å². The molecule has 1 rings (SSSR count). The Morgan fingerprint density at radius 3 is 2.60 bits per heavy atom. The van der Waals surface area contributed by atoms with Gasteiger partial charge >= 0.3 is 6.03 Å². The molecule has 3 N–H and O–H groups in total. The molecule has 1 fully saturated rings. The van der Waals surface area contributed by atoms with Gasteiger partial charge in [-0.25, -0.2) is 4.79 Å². The monoisotopic (exact) mass is 213 g/mol. The molecular weight excluding hydrogens is 190 g/mol. The number of nitrogens with one attached hydrogen (secondary N) is 1. The van der Waals surface area contributed by atoms with Crippen LogP contribution in [0.25, 0.3) is 0 Å². The summed E-state index contributed by atoms with van der Waals surface area (Å²) in [5.74, 6) is 0. The van der Waals surface area contributed by atoms with E-state index in [1.54, 1.807) is 0 Å². The molecule has 0 aromatic rings. The van der Waals surface area contributed by atoms with Gasteiger partial charge < -0.3 is 16.0 Å². The maximum absolute atomic E-state index is 11.8. The zero-order valence-electron chi connectivity index (χ0n) is 9.83. The van der Waals surface area contributed by atoms with Crippen LogP contribution in [0.15, 0.2) is 0 Å². The van der Waals surface area contributed by atoms with Gasteiger partial charge in [0.15, 0.2) is 0 Å². The first-order valence-electron chi connectivity index (χ1n) is 5.88. The average Bonchev–Trinajstić information content (AvgIpc) is 2.29. The predicted molar refractivity (Wildman–Crippen MR) is 61.7 cm³/mol. The van der Waals surface area contributed by atoms with Crippen LogP contribution >= 0.6 is 0 Å². The maximum Gasteiger partial charge on any atom is 0.317 e. The number of carbonyl (C=O) groups is 1. The van der Waals surface area contributed by atoms with E-state index >= 15 is 0 Å². The summed E-state index contributed by atoms with van der Waals surface area (Å²) in [4.78, 5) is 13.6. The number of amides is 2. The van der Waals surface area contributed by atoms with Crippen LogP contribution in [0.1, 0.15) is 39.0 Å². The molecule has 0 bridgehead atoms. The van der Waals surface area contributed by atoms with Crippen molar-refractivity contribution in [2.24, 2.45) is 5.73 Å². The maximum atomic E-state index is 11.8. The molecule has 1 saturated carbocycles. The minimum absolute atomic E-state index is 0.0138. The van der Waals surface area contributed by atoms with E-state index in [1.807, 2.05) is 18.9 Å². The minimum Gasteiger partial charge on any atom is -0.334 e. The van der Waals surface area contributed by atoms with Crippen LogP contribution in [0, 0.1) is 0 Å². The summed E-state index contributed by atoms with van der Waals surface area (Å²) in [6.45, 7) is 2.41. The number of hydrogen-bond acceptors (Lipinski definition) is 2. The highest BCUT2D eigenvalue weighted by atomic mass is 16.2. The fraction of sp³-hybridized carbons (Fsp3) is 0.909. The molecular formula is C11H23N3O. The Morgan fingerprint density at radius 1 is 1.47 bits per heavy atom. The molecule has 0 spiro atoms. The van der Waals surface area contributed by atoms with Gasteiger partial charge in [0.2, 0.25) is 0 Å². The molecule has 0 aliphatic heterocycles. The van der Waals surface area contributed by atoms with Crippen LogP contribution in [0.5, 0.6) is 0 Å². The first-order valence-corrected chi connectivity index (χ1v) is 5.88. The highest BCUT2D eigenvalue weighted by Crippen LogP contribution is 2.21. The Bertz CT molecular complexity index is 202. The molecule has 15 heavy (non-hydrogen) atoms. The number of hydrogen-bond donors (Lipinski definition) is 2. The lowest BCUT2D eigenvalue weighted by Crippen LogP contribution is -2.48. The second-order valence-corrected chi connectivity index (χ2v) is 4.49. The van der Waals surface area contributed by atoms with E-state index in [4.69, 9.17) is 5.73 Å². The van der Waals surface area contributed by atoms with Gasteiger partial charge in [-0.1, -0.05) is 19.3 Å². The molecule has 0 saturated heterocycles. The molecule has 0 aromatic heterocycles. The predicted octanol–water partition coefficient (Wildman–Crippen LogP) is 1.31. The zero-order chi connectivity index (χ0) is 11.3. The van der Waals surface area contributed by atoms with Gasteiger partial charge in [0, 0.05) is 25.7 Å². The molecule has 0 aromatic carbocycles. The Labute approximate surface area is 92.2 Å². The summed E-state index contributed by atoms with van der Waals surface area (Å²) >= 11 is 0. The largest absolute Gasteiger partial charge is 0.334 e. The van der Waals surface area contributed by atoms with Gasteiger partial charge in [0.1, 0.15) is 0 Å². The van der Waals surface area contributed by atoms with Gasteiger partial charge in [0.25, 0.3) is 0 Å². The van der Waals surface area contributed by atoms with Crippen LogP contribution in [0.3, 0.4) is 0 Å². The molecule has 1 aliphatic rings. The Kier molecular flexibility index (Phi) is 4.88. The second kappa shape index (κ2) is 5.95. The van der Waals surface area contributed by atoms with E-state index in [2.05, 4.69) is 5.32 Å². The summed E-state index contributed by atoms with van der Waals surface area (Å²) in [6, 6.07) is 0.493. The van der Waals surface area contributed by atoms with Crippen molar-refractivity contribution in [3.63, 3.8) is 0 Å². The standard InChI is InChI=1S/C11H23N3O/c1-9(8-12)13-11(15)14(2)10-6-4-3-5-7-10/h9-10H,3-8,12H2,1-2H3,(H,13,15). The fourth-order valence-corrected chi connectivity index (χ4v) is 2.01. The normalized spacial score (nSPS) is 19.7. The van der Waals surface area contributed by atoms with Crippen LogP contribution in [-0.4, -0.2) is 36.6 Å². The Morgan fingerprint density at radius 2 is 2.07 bits per heavy atom. The van der Waals surface area contributed by atoms with Crippen LogP contribution in [0.2, 0.25) is 0 Å². The lowest BCUT2D eigenvalue weighted by molar-refractivity contribution is 0.171. The topological polar surface area (TPSA) is 58.4 Å². The van der Waals surface area contributed by atoms with E-state index < -0.39 is 0 Å². The van der Waals surface area contributed by atoms with E-state index in [0.29, 0.717) is 12.6 Å². The molecule has 88 valence electrons.